The number of alkyl halides is 3. The Labute approximate surface area is 96.4 Å². The van der Waals surface area contributed by atoms with Crippen LogP contribution in [0.15, 0.2) is 18.2 Å². The van der Waals surface area contributed by atoms with Crippen molar-refractivity contribution in [2.45, 2.75) is 32.4 Å². The first-order valence-corrected chi connectivity index (χ1v) is 5.25. The van der Waals surface area contributed by atoms with Gasteiger partial charge in [0.25, 0.3) is 0 Å². The molecule has 1 rings (SSSR count). The standard InChI is InChI=1S/C12H12F4O/c1-2-3-4-11(17)8-5-9(12(14,15)16)7-10(13)6-8/h5-7H,2-4H2,1H3. The van der Waals surface area contributed by atoms with Crippen molar-refractivity contribution in [2.24, 2.45) is 0 Å². The summed E-state index contributed by atoms with van der Waals surface area (Å²) >= 11 is 0. The van der Waals surface area contributed by atoms with Crippen LogP contribution in [0.25, 0.3) is 0 Å². The van der Waals surface area contributed by atoms with Gasteiger partial charge in [-0.05, 0) is 24.6 Å². The molecule has 94 valence electrons. The van der Waals surface area contributed by atoms with E-state index in [1.54, 1.807) is 0 Å². The lowest BCUT2D eigenvalue weighted by Gasteiger charge is -2.08. The molecule has 0 saturated heterocycles. The molecule has 1 aromatic carbocycles. The van der Waals surface area contributed by atoms with E-state index in [4.69, 9.17) is 0 Å². The Morgan fingerprint density at radius 2 is 1.88 bits per heavy atom. The molecule has 0 aliphatic rings. The van der Waals surface area contributed by atoms with Crippen molar-refractivity contribution in [1.29, 1.82) is 0 Å². The highest BCUT2D eigenvalue weighted by Gasteiger charge is 2.31. The number of benzene rings is 1. The van der Waals surface area contributed by atoms with Gasteiger partial charge >= 0.3 is 6.18 Å². The minimum absolute atomic E-state index is 0.136. The molecule has 1 nitrogen and oxygen atoms in total. The maximum absolute atomic E-state index is 13.0. The second-order valence-corrected chi connectivity index (χ2v) is 3.75. The maximum Gasteiger partial charge on any atom is 0.416 e. The fourth-order valence-electron chi connectivity index (χ4n) is 1.40. The Balaban J connectivity index is 3.01. The van der Waals surface area contributed by atoms with Gasteiger partial charge < -0.3 is 0 Å². The predicted octanol–water partition coefficient (Wildman–Crippen LogP) is 4.22. The van der Waals surface area contributed by atoms with Crippen molar-refractivity contribution < 1.29 is 22.4 Å². The van der Waals surface area contributed by atoms with Crippen LogP contribution in [0, 0.1) is 5.82 Å². The summed E-state index contributed by atoms with van der Waals surface area (Å²) in [4.78, 5) is 11.5. The highest BCUT2D eigenvalue weighted by Crippen LogP contribution is 2.30. The Morgan fingerprint density at radius 3 is 2.41 bits per heavy atom. The van der Waals surface area contributed by atoms with Crippen LogP contribution in [-0.4, -0.2) is 5.78 Å². The van der Waals surface area contributed by atoms with Crippen molar-refractivity contribution in [3.05, 3.63) is 35.1 Å². The van der Waals surface area contributed by atoms with E-state index in [0.29, 0.717) is 18.6 Å². The van der Waals surface area contributed by atoms with Crippen LogP contribution in [0.4, 0.5) is 17.6 Å². The summed E-state index contributed by atoms with van der Waals surface area (Å²) in [5.41, 5.74) is -1.34. The summed E-state index contributed by atoms with van der Waals surface area (Å²) in [6, 6.07) is 1.92. The molecule has 0 bridgehead atoms. The second-order valence-electron chi connectivity index (χ2n) is 3.75. The van der Waals surface area contributed by atoms with E-state index in [-0.39, 0.29) is 12.0 Å². The van der Waals surface area contributed by atoms with E-state index in [1.165, 1.54) is 0 Å². The van der Waals surface area contributed by atoms with Crippen LogP contribution in [0.1, 0.15) is 42.1 Å². The zero-order valence-corrected chi connectivity index (χ0v) is 9.27. The van der Waals surface area contributed by atoms with Gasteiger partial charge in [-0.2, -0.15) is 13.2 Å². The fourth-order valence-corrected chi connectivity index (χ4v) is 1.40. The minimum Gasteiger partial charge on any atom is -0.294 e. The molecule has 17 heavy (non-hydrogen) atoms. The summed E-state index contributed by atoms with van der Waals surface area (Å²) in [6.07, 6.45) is -3.16. The van der Waals surface area contributed by atoms with Crippen molar-refractivity contribution in [1.82, 2.24) is 0 Å². The number of ketones is 1. The van der Waals surface area contributed by atoms with Crippen LogP contribution in [0.5, 0.6) is 0 Å². The first kappa shape index (κ1) is 13.7. The molecule has 0 aliphatic carbocycles. The minimum atomic E-state index is -4.64. The number of halogens is 4. The quantitative estimate of drug-likeness (QED) is 0.576. The highest BCUT2D eigenvalue weighted by molar-refractivity contribution is 5.96. The van der Waals surface area contributed by atoms with Gasteiger partial charge in [0.05, 0.1) is 5.56 Å². The van der Waals surface area contributed by atoms with Crippen molar-refractivity contribution >= 4 is 5.78 Å². The predicted molar refractivity (Wildman–Crippen MR) is 55.3 cm³/mol. The third kappa shape index (κ3) is 3.84. The van der Waals surface area contributed by atoms with E-state index < -0.39 is 23.3 Å². The van der Waals surface area contributed by atoms with E-state index in [0.717, 1.165) is 12.5 Å². The summed E-state index contributed by atoms with van der Waals surface area (Å²) in [5, 5.41) is 0. The number of rotatable bonds is 4. The molecule has 0 radical (unpaired) electrons. The summed E-state index contributed by atoms with van der Waals surface area (Å²) in [6.45, 7) is 1.86. The molecular weight excluding hydrogens is 236 g/mol. The van der Waals surface area contributed by atoms with Gasteiger partial charge in [0.2, 0.25) is 0 Å². The highest BCUT2D eigenvalue weighted by atomic mass is 19.4. The van der Waals surface area contributed by atoms with Crippen molar-refractivity contribution in [2.75, 3.05) is 0 Å². The largest absolute Gasteiger partial charge is 0.416 e. The molecule has 0 unspecified atom stereocenters. The summed E-state index contributed by atoms with van der Waals surface area (Å²) in [5.74, 6) is -1.50. The maximum atomic E-state index is 13.0. The molecule has 0 aromatic heterocycles. The average Bonchev–Trinajstić information content (AvgIpc) is 2.23. The van der Waals surface area contributed by atoms with E-state index in [9.17, 15) is 22.4 Å². The molecule has 0 saturated carbocycles. The normalized spacial score (nSPS) is 11.6. The number of carbonyl (C=O) groups excluding carboxylic acids is 1. The molecule has 0 amide bonds. The van der Waals surface area contributed by atoms with Gasteiger partial charge in [-0.25, -0.2) is 4.39 Å². The lowest BCUT2D eigenvalue weighted by molar-refractivity contribution is -0.137. The zero-order chi connectivity index (χ0) is 13.1. The van der Waals surface area contributed by atoms with E-state index in [1.807, 2.05) is 6.92 Å². The Bertz CT molecular complexity index is 409. The van der Waals surface area contributed by atoms with Crippen LogP contribution in [0.2, 0.25) is 0 Å². The summed E-state index contributed by atoms with van der Waals surface area (Å²) in [7, 11) is 0. The Hall–Kier alpha value is -1.39. The molecule has 0 aliphatic heterocycles. The SMILES string of the molecule is CCCCC(=O)c1cc(F)cc(C(F)(F)F)c1. The molecular formula is C12H12F4O. The molecule has 1 aromatic rings. The van der Waals surface area contributed by atoms with Crippen LogP contribution >= 0.6 is 0 Å². The molecule has 0 atom stereocenters. The van der Waals surface area contributed by atoms with E-state index in [2.05, 4.69) is 0 Å². The van der Waals surface area contributed by atoms with Crippen LogP contribution < -0.4 is 0 Å². The Kier molecular flexibility index (Phi) is 4.26. The van der Waals surface area contributed by atoms with Crippen molar-refractivity contribution in [3.63, 3.8) is 0 Å². The lowest BCUT2D eigenvalue weighted by atomic mass is 10.0. The molecule has 0 heterocycles. The smallest absolute Gasteiger partial charge is 0.294 e. The van der Waals surface area contributed by atoms with E-state index >= 15 is 0 Å². The third-order valence-electron chi connectivity index (χ3n) is 2.30. The van der Waals surface area contributed by atoms with Crippen LogP contribution in [0.3, 0.4) is 0 Å². The lowest BCUT2D eigenvalue weighted by Crippen LogP contribution is -2.08. The summed E-state index contributed by atoms with van der Waals surface area (Å²) < 4.78 is 50.1. The molecule has 5 heteroatoms. The monoisotopic (exact) mass is 248 g/mol. The van der Waals surface area contributed by atoms with Gasteiger partial charge in [-0.15, -0.1) is 0 Å². The molecule has 0 N–H and O–H groups in total. The van der Waals surface area contributed by atoms with Gasteiger partial charge in [-0.1, -0.05) is 13.3 Å². The molecule has 0 spiro atoms. The number of unbranched alkanes of at least 4 members (excludes halogenated alkanes) is 1. The van der Waals surface area contributed by atoms with Gasteiger partial charge in [0.1, 0.15) is 5.82 Å². The van der Waals surface area contributed by atoms with Crippen molar-refractivity contribution in [3.8, 4) is 0 Å². The first-order chi connectivity index (χ1) is 7.84. The van der Waals surface area contributed by atoms with Crippen LogP contribution in [-0.2, 0) is 6.18 Å². The van der Waals surface area contributed by atoms with Gasteiger partial charge in [0.15, 0.2) is 5.78 Å². The number of Topliss-reactive ketones (excluding diaryl/α,β-unsaturated/α-hetero) is 1. The zero-order valence-electron chi connectivity index (χ0n) is 9.27. The molecule has 0 fully saturated rings. The second kappa shape index (κ2) is 5.29. The first-order valence-electron chi connectivity index (χ1n) is 5.25. The fraction of sp³-hybridized carbons (Fsp3) is 0.417. The average molecular weight is 248 g/mol. The number of carbonyl (C=O) groups is 1. The topological polar surface area (TPSA) is 17.1 Å². The third-order valence-corrected chi connectivity index (χ3v) is 2.30. The van der Waals surface area contributed by atoms with Gasteiger partial charge in [-0.3, -0.25) is 4.79 Å². The van der Waals surface area contributed by atoms with Gasteiger partial charge in [0, 0.05) is 12.0 Å². The number of hydrogen-bond acceptors (Lipinski definition) is 1. The Morgan fingerprint density at radius 1 is 1.24 bits per heavy atom. The number of hydrogen-bond donors (Lipinski definition) is 0.